The summed E-state index contributed by atoms with van der Waals surface area (Å²) in [4.78, 5) is 27.8. The fraction of sp³-hybridized carbons (Fsp3) is 0.556. The molecule has 6 nitrogen and oxygen atoms in total. The molecule has 0 aromatic carbocycles. The summed E-state index contributed by atoms with van der Waals surface area (Å²) in [6.45, 7) is 3.24. The summed E-state index contributed by atoms with van der Waals surface area (Å²) in [6.07, 6.45) is 0.481. The van der Waals surface area contributed by atoms with Gasteiger partial charge in [-0.2, -0.15) is 0 Å². The third kappa shape index (κ3) is 6.36. The van der Waals surface area contributed by atoms with E-state index in [-0.39, 0.29) is 24.5 Å². The van der Waals surface area contributed by atoms with Gasteiger partial charge in [-0.1, -0.05) is 0 Å². The summed E-state index contributed by atoms with van der Waals surface area (Å²) in [5.74, 6) is -2.60. The number of aliphatic carboxylic acids is 2. The highest BCUT2D eigenvalue weighted by Gasteiger charge is 1.92. The van der Waals surface area contributed by atoms with Crippen molar-refractivity contribution < 1.29 is 19.8 Å². The fourth-order valence-corrected chi connectivity index (χ4v) is 0.693. The molecule has 0 fully saturated rings. The number of hydrogen-bond donors (Lipinski definition) is 0. The summed E-state index contributed by atoms with van der Waals surface area (Å²) in [7, 11) is 0. The Hall–Kier alpha value is -1.72. The van der Waals surface area contributed by atoms with Crippen LogP contribution in [-0.2, 0) is 9.59 Å². The molecule has 0 bridgehead atoms. The van der Waals surface area contributed by atoms with Gasteiger partial charge in [-0.15, -0.1) is 0 Å². The number of carboxylic acid groups (broad SMARTS) is 2. The van der Waals surface area contributed by atoms with Crippen molar-refractivity contribution in [3.05, 3.63) is 0 Å². The summed E-state index contributed by atoms with van der Waals surface area (Å²) in [6, 6.07) is 0. The molecule has 0 aliphatic heterocycles. The van der Waals surface area contributed by atoms with Gasteiger partial charge in [0.25, 0.3) is 0 Å². The van der Waals surface area contributed by atoms with Crippen LogP contribution in [0.3, 0.4) is 0 Å². The van der Waals surface area contributed by atoms with Crippen LogP contribution in [0.5, 0.6) is 0 Å². The molecule has 0 spiro atoms. The van der Waals surface area contributed by atoms with E-state index >= 15 is 0 Å². The third-order valence-corrected chi connectivity index (χ3v) is 1.60. The summed E-state index contributed by atoms with van der Waals surface area (Å²) < 4.78 is 0. The lowest BCUT2D eigenvalue weighted by Gasteiger charge is -2.01. The maximum atomic E-state index is 10.2. The molecule has 0 unspecified atom stereocenters. The second-order valence-corrected chi connectivity index (χ2v) is 2.86. The molecular weight excluding hydrogens is 200 g/mol. The van der Waals surface area contributed by atoms with Crippen LogP contribution in [0, 0.1) is 0 Å². The fourth-order valence-electron chi connectivity index (χ4n) is 0.693. The topological polar surface area (TPSA) is 105 Å². The Labute approximate surface area is 87.4 Å². The SMILES string of the molecule is CC(=NCCCN=C(C)C(=O)[O-])C(=O)[O-]. The molecule has 15 heavy (non-hydrogen) atoms. The van der Waals surface area contributed by atoms with Crippen molar-refractivity contribution in [1.29, 1.82) is 0 Å². The minimum absolute atomic E-state index is 0.0735. The van der Waals surface area contributed by atoms with Gasteiger partial charge in [0.2, 0.25) is 0 Å². The molecule has 0 aliphatic rings. The smallest absolute Gasteiger partial charge is 0.0850 e. The number of carbonyl (C=O) groups is 2. The Bertz CT molecular complexity index is 277. The number of aliphatic imine (C=N–C) groups is 2. The van der Waals surface area contributed by atoms with Crippen molar-refractivity contribution in [2.45, 2.75) is 20.3 Å². The normalized spacial score (nSPS) is 12.7. The van der Waals surface area contributed by atoms with E-state index in [9.17, 15) is 19.8 Å². The Morgan fingerprint density at radius 1 is 0.933 bits per heavy atom. The highest BCUT2D eigenvalue weighted by Crippen LogP contribution is 1.86. The number of hydrogen-bond acceptors (Lipinski definition) is 6. The molecule has 0 aliphatic carbocycles. The molecule has 0 saturated carbocycles. The number of carbonyl (C=O) groups excluding carboxylic acids is 2. The van der Waals surface area contributed by atoms with Crippen LogP contribution >= 0.6 is 0 Å². The van der Waals surface area contributed by atoms with Crippen LogP contribution in [0.15, 0.2) is 9.98 Å². The van der Waals surface area contributed by atoms with Crippen LogP contribution < -0.4 is 10.2 Å². The second kappa shape index (κ2) is 6.69. The minimum atomic E-state index is -1.30. The molecule has 0 N–H and O–H groups in total. The molecule has 0 radical (unpaired) electrons. The molecule has 84 valence electrons. The Balaban J connectivity index is 3.83. The maximum absolute atomic E-state index is 10.2. The summed E-state index contributed by atoms with van der Waals surface area (Å²) >= 11 is 0. The van der Waals surface area contributed by atoms with Crippen LogP contribution in [0.4, 0.5) is 0 Å². The first-order valence-corrected chi connectivity index (χ1v) is 4.40. The quantitative estimate of drug-likeness (QED) is 0.368. The lowest BCUT2D eigenvalue weighted by atomic mass is 10.4. The average molecular weight is 212 g/mol. The van der Waals surface area contributed by atoms with Gasteiger partial charge >= 0.3 is 0 Å². The van der Waals surface area contributed by atoms with E-state index in [1.807, 2.05) is 0 Å². The first-order valence-electron chi connectivity index (χ1n) is 4.40. The van der Waals surface area contributed by atoms with Crippen molar-refractivity contribution in [3.63, 3.8) is 0 Å². The van der Waals surface area contributed by atoms with E-state index in [0.29, 0.717) is 6.42 Å². The predicted octanol–water partition coefficient (Wildman–Crippen LogP) is -2.20. The number of carboxylic acids is 2. The Morgan fingerprint density at radius 2 is 1.27 bits per heavy atom. The lowest BCUT2D eigenvalue weighted by Crippen LogP contribution is -2.30. The van der Waals surface area contributed by atoms with Gasteiger partial charge in [0.05, 0.1) is 23.4 Å². The molecule has 0 atom stereocenters. The predicted molar refractivity (Wildman–Crippen MR) is 50.6 cm³/mol. The second-order valence-electron chi connectivity index (χ2n) is 2.86. The molecule has 0 rings (SSSR count). The standard InChI is InChI=1S/C9H14N2O4/c1-6(8(12)13)10-4-3-5-11-7(2)9(14)15/h3-5H2,1-2H3,(H,12,13)(H,14,15)/p-2. The van der Waals surface area contributed by atoms with E-state index in [1.165, 1.54) is 13.8 Å². The maximum Gasteiger partial charge on any atom is 0.0850 e. The van der Waals surface area contributed by atoms with E-state index in [0.717, 1.165) is 0 Å². The largest absolute Gasteiger partial charge is 0.544 e. The van der Waals surface area contributed by atoms with Crippen molar-refractivity contribution >= 4 is 23.4 Å². The molecule has 0 heterocycles. The van der Waals surface area contributed by atoms with E-state index in [1.54, 1.807) is 0 Å². The third-order valence-electron chi connectivity index (χ3n) is 1.60. The molecule has 0 saturated heterocycles. The van der Waals surface area contributed by atoms with E-state index in [2.05, 4.69) is 9.98 Å². The van der Waals surface area contributed by atoms with Gasteiger partial charge < -0.3 is 19.8 Å². The zero-order chi connectivity index (χ0) is 11.8. The van der Waals surface area contributed by atoms with E-state index in [4.69, 9.17) is 0 Å². The first kappa shape index (κ1) is 13.3. The zero-order valence-electron chi connectivity index (χ0n) is 8.65. The van der Waals surface area contributed by atoms with Gasteiger partial charge in [-0.25, -0.2) is 0 Å². The highest BCUT2D eigenvalue weighted by molar-refractivity contribution is 6.33. The van der Waals surface area contributed by atoms with Crippen LogP contribution in [-0.4, -0.2) is 36.5 Å². The van der Waals surface area contributed by atoms with Crippen LogP contribution in [0.2, 0.25) is 0 Å². The summed E-state index contributed by atoms with van der Waals surface area (Å²) in [5.41, 5.74) is -0.147. The monoisotopic (exact) mass is 212 g/mol. The average Bonchev–Trinajstić information content (AvgIpc) is 2.16. The summed E-state index contributed by atoms with van der Waals surface area (Å²) in [5, 5.41) is 20.4. The van der Waals surface area contributed by atoms with Gasteiger partial charge in [0.15, 0.2) is 0 Å². The van der Waals surface area contributed by atoms with Gasteiger partial charge in [0, 0.05) is 13.1 Å². The van der Waals surface area contributed by atoms with E-state index < -0.39 is 11.9 Å². The van der Waals surface area contributed by atoms with Gasteiger partial charge in [-0.3, -0.25) is 9.98 Å². The molecular formula is C9H12N2O4-2. The van der Waals surface area contributed by atoms with Crippen LogP contribution in [0.25, 0.3) is 0 Å². The number of rotatable bonds is 6. The zero-order valence-corrected chi connectivity index (χ0v) is 8.65. The van der Waals surface area contributed by atoms with Crippen LogP contribution in [0.1, 0.15) is 20.3 Å². The van der Waals surface area contributed by atoms with Crippen molar-refractivity contribution in [2.75, 3.05) is 13.1 Å². The van der Waals surface area contributed by atoms with Crippen molar-refractivity contribution in [1.82, 2.24) is 0 Å². The molecule has 0 aromatic heterocycles. The molecule has 0 amide bonds. The Morgan fingerprint density at radius 3 is 1.53 bits per heavy atom. The Kier molecular flexibility index (Phi) is 5.92. The van der Waals surface area contributed by atoms with Gasteiger partial charge in [-0.05, 0) is 20.3 Å². The van der Waals surface area contributed by atoms with Gasteiger partial charge in [0.1, 0.15) is 0 Å². The minimum Gasteiger partial charge on any atom is -0.544 e. The van der Waals surface area contributed by atoms with Crippen molar-refractivity contribution in [3.8, 4) is 0 Å². The highest BCUT2D eigenvalue weighted by atomic mass is 16.4. The first-order chi connectivity index (χ1) is 6.95. The lowest BCUT2D eigenvalue weighted by molar-refractivity contribution is -0.295. The molecule has 0 aromatic rings. The number of nitrogens with zero attached hydrogens (tertiary/aromatic N) is 2. The molecule has 6 heteroatoms. The van der Waals surface area contributed by atoms with Crippen molar-refractivity contribution in [2.24, 2.45) is 9.98 Å².